The molecule has 0 saturated carbocycles. The molecule has 0 aromatic heterocycles. The topological polar surface area (TPSA) is 109 Å². The van der Waals surface area contributed by atoms with E-state index in [0.29, 0.717) is 5.07 Å². The van der Waals surface area contributed by atoms with E-state index in [1.165, 1.54) is 0 Å². The average Bonchev–Trinajstić information content (AvgIpc) is 2.30. The Bertz CT molecular complexity index is 352. The number of imide groups is 1. The molecule has 0 heterocycles. The second-order valence-corrected chi connectivity index (χ2v) is 7.19. The van der Waals surface area contributed by atoms with Crippen LogP contribution in [-0.4, -0.2) is 42.3 Å². The second-order valence-electron chi connectivity index (χ2n) is 4.14. The van der Waals surface area contributed by atoms with Crippen molar-refractivity contribution in [3.63, 3.8) is 0 Å². The van der Waals surface area contributed by atoms with Gasteiger partial charge in [-0.25, -0.2) is 0 Å². The van der Waals surface area contributed by atoms with E-state index < -0.39 is 45.4 Å². The third kappa shape index (κ3) is 9.80. The summed E-state index contributed by atoms with van der Waals surface area (Å²) in [6.45, 7) is 0. The zero-order valence-electron chi connectivity index (χ0n) is 10.5. The number of amides is 3. The van der Waals surface area contributed by atoms with E-state index >= 15 is 0 Å². The maximum absolute atomic E-state index is 12.0. The number of rotatable bonds is 8. The van der Waals surface area contributed by atoms with Crippen LogP contribution in [0.25, 0.3) is 0 Å². The summed E-state index contributed by atoms with van der Waals surface area (Å²) >= 11 is -2.81. The summed E-state index contributed by atoms with van der Waals surface area (Å²) in [6.07, 6.45) is -5.25. The summed E-state index contributed by atoms with van der Waals surface area (Å²) in [7, 11) is 0. The number of primary amides is 1. The first kappa shape index (κ1) is 18.9. The van der Waals surface area contributed by atoms with Gasteiger partial charge in [0.2, 0.25) is 0 Å². The molecule has 0 fully saturated rings. The number of hydrogen-bond donors (Lipinski definition) is 3. The minimum atomic E-state index is -4.26. The van der Waals surface area contributed by atoms with Crippen LogP contribution in [0.15, 0.2) is 0 Å². The van der Waals surface area contributed by atoms with Crippen molar-refractivity contribution in [2.45, 2.75) is 37.1 Å². The van der Waals surface area contributed by atoms with Crippen molar-refractivity contribution < 1.29 is 31.7 Å². The van der Waals surface area contributed by atoms with Crippen LogP contribution in [-0.2, 0) is 9.59 Å². The van der Waals surface area contributed by atoms with Gasteiger partial charge in [-0.2, -0.15) is 0 Å². The Balaban J connectivity index is 4.34. The van der Waals surface area contributed by atoms with E-state index in [2.05, 4.69) is 0 Å². The van der Waals surface area contributed by atoms with Crippen molar-refractivity contribution in [3.8, 4) is 0 Å². The van der Waals surface area contributed by atoms with Crippen LogP contribution in [0.3, 0.4) is 0 Å². The molecule has 0 saturated heterocycles. The molecule has 2 atom stereocenters. The SMILES string of the molecule is NC(=O)NC(=O)C(CCCCC(F)(F)F)C[As](O)C=O. The first-order chi connectivity index (χ1) is 9.15. The number of alkyl halides is 3. The Morgan fingerprint density at radius 2 is 1.95 bits per heavy atom. The Morgan fingerprint density at radius 3 is 2.40 bits per heavy atom. The van der Waals surface area contributed by atoms with Crippen LogP contribution >= 0.6 is 0 Å². The molecule has 0 radical (unpaired) electrons. The van der Waals surface area contributed by atoms with Gasteiger partial charge in [-0.1, -0.05) is 0 Å². The normalized spacial score (nSPS) is 14.4. The summed E-state index contributed by atoms with van der Waals surface area (Å²) in [4.78, 5) is 32.5. The molecule has 0 aliphatic carbocycles. The van der Waals surface area contributed by atoms with Gasteiger partial charge in [-0.05, 0) is 0 Å². The Morgan fingerprint density at radius 1 is 1.35 bits per heavy atom. The molecule has 10 heteroatoms. The van der Waals surface area contributed by atoms with Gasteiger partial charge in [-0.15, -0.1) is 0 Å². The van der Waals surface area contributed by atoms with Gasteiger partial charge in [0.05, 0.1) is 0 Å². The number of carbonyl (C=O) groups is 3. The van der Waals surface area contributed by atoms with Gasteiger partial charge in [0.15, 0.2) is 0 Å². The molecule has 6 nitrogen and oxygen atoms in total. The number of hydrogen-bond acceptors (Lipinski definition) is 4. The molecular formula is C10H16AsF3N2O4. The molecule has 20 heavy (non-hydrogen) atoms. The summed E-state index contributed by atoms with van der Waals surface area (Å²) in [5.74, 6) is -1.66. The van der Waals surface area contributed by atoms with Gasteiger partial charge >= 0.3 is 118 Å². The first-order valence-corrected chi connectivity index (χ1v) is 8.98. The Hall–Kier alpha value is -1.08. The van der Waals surface area contributed by atoms with E-state index in [-0.39, 0.29) is 24.5 Å². The molecule has 0 aliphatic rings. The molecule has 0 aromatic rings. The van der Waals surface area contributed by atoms with Crippen molar-refractivity contribution in [1.82, 2.24) is 5.32 Å². The fraction of sp³-hybridized carbons (Fsp3) is 0.700. The molecule has 0 spiro atoms. The zero-order valence-corrected chi connectivity index (χ0v) is 12.4. The number of carbonyl (C=O) groups excluding carboxylic acids is 3. The van der Waals surface area contributed by atoms with E-state index in [4.69, 9.17) is 5.73 Å². The van der Waals surface area contributed by atoms with Crippen molar-refractivity contribution >= 4 is 32.0 Å². The van der Waals surface area contributed by atoms with Crippen LogP contribution in [0.1, 0.15) is 25.7 Å². The monoisotopic (exact) mass is 360 g/mol. The molecule has 0 aliphatic heterocycles. The number of nitrogens with one attached hydrogen (secondary N) is 1. The van der Waals surface area contributed by atoms with Crippen molar-refractivity contribution in [2.75, 3.05) is 0 Å². The van der Waals surface area contributed by atoms with Crippen LogP contribution < -0.4 is 11.1 Å². The van der Waals surface area contributed by atoms with Gasteiger partial charge in [-0.3, -0.25) is 0 Å². The van der Waals surface area contributed by atoms with Gasteiger partial charge in [0, 0.05) is 0 Å². The maximum atomic E-state index is 12.0. The van der Waals surface area contributed by atoms with Crippen molar-refractivity contribution in [2.24, 2.45) is 11.7 Å². The Labute approximate surface area is 118 Å². The van der Waals surface area contributed by atoms with Crippen molar-refractivity contribution in [1.29, 1.82) is 0 Å². The molecular weight excluding hydrogens is 344 g/mol. The van der Waals surface area contributed by atoms with Crippen LogP contribution in [0.4, 0.5) is 18.0 Å². The number of urea groups is 1. The molecule has 4 N–H and O–H groups in total. The quantitative estimate of drug-likeness (QED) is 0.336. The van der Waals surface area contributed by atoms with Gasteiger partial charge in [0.1, 0.15) is 0 Å². The fourth-order valence-electron chi connectivity index (χ4n) is 1.51. The molecule has 0 rings (SSSR count). The van der Waals surface area contributed by atoms with Crippen molar-refractivity contribution in [3.05, 3.63) is 0 Å². The Kier molecular flexibility index (Phi) is 8.48. The number of unbranched alkanes of at least 4 members (excludes halogenated alkanes) is 1. The molecule has 2 unspecified atom stereocenters. The van der Waals surface area contributed by atoms with Crippen LogP contribution in [0.2, 0.25) is 5.21 Å². The molecule has 3 amide bonds. The van der Waals surface area contributed by atoms with E-state index in [1.54, 1.807) is 5.32 Å². The second kappa shape index (κ2) is 8.97. The summed E-state index contributed by atoms with van der Waals surface area (Å²) in [5, 5.41) is 2.03. The first-order valence-electron chi connectivity index (χ1n) is 5.73. The fourth-order valence-corrected chi connectivity index (χ4v) is 3.37. The third-order valence-corrected chi connectivity index (χ3v) is 4.63. The van der Waals surface area contributed by atoms with E-state index in [9.17, 15) is 31.7 Å². The third-order valence-electron chi connectivity index (χ3n) is 2.41. The van der Waals surface area contributed by atoms with Crippen LogP contribution in [0.5, 0.6) is 0 Å². The van der Waals surface area contributed by atoms with Gasteiger partial charge < -0.3 is 0 Å². The standard InChI is InChI=1S/C10H16AsF3N2O4/c12-10(13,14)4-2-1-3-7(5-11(20)6-17)8(18)16-9(15)19/h6-7,20H,1-5H2,(H3,15,16,18,19). The molecule has 0 aromatic carbocycles. The minimum absolute atomic E-state index is 0.0504. The number of halogens is 3. The van der Waals surface area contributed by atoms with E-state index in [1.807, 2.05) is 0 Å². The predicted octanol–water partition coefficient (Wildman–Crippen LogP) is 0.676. The van der Waals surface area contributed by atoms with Crippen LogP contribution in [0, 0.1) is 5.92 Å². The number of nitrogens with two attached hydrogens (primary N) is 1. The zero-order chi connectivity index (χ0) is 15.8. The summed E-state index contributed by atoms with van der Waals surface area (Å²) in [5.41, 5.74) is 4.77. The molecule has 0 bridgehead atoms. The van der Waals surface area contributed by atoms with E-state index in [0.717, 1.165) is 0 Å². The summed E-state index contributed by atoms with van der Waals surface area (Å²) < 4.78 is 45.2. The average molecular weight is 360 g/mol. The van der Waals surface area contributed by atoms with Gasteiger partial charge in [0.25, 0.3) is 0 Å². The molecule has 116 valence electrons. The predicted molar refractivity (Wildman–Crippen MR) is 65.3 cm³/mol. The summed E-state index contributed by atoms with van der Waals surface area (Å²) in [6, 6.07) is -1.08.